The molecule has 1 amide bonds. The summed E-state index contributed by atoms with van der Waals surface area (Å²) >= 11 is 9.06. The number of rotatable bonds is 3. The second kappa shape index (κ2) is 6.62. The lowest BCUT2D eigenvalue weighted by atomic mass is 10.3. The molecule has 24 heavy (non-hydrogen) atoms. The number of hydrogen-bond donors (Lipinski definition) is 2. The van der Waals surface area contributed by atoms with Crippen molar-refractivity contribution in [1.29, 1.82) is 0 Å². The molecule has 1 heterocycles. The number of amides is 1. The Kier molecular flexibility index (Phi) is 4.71. The van der Waals surface area contributed by atoms with Gasteiger partial charge >= 0.3 is 0 Å². The molecule has 0 aliphatic carbocycles. The van der Waals surface area contributed by atoms with Gasteiger partial charge in [-0.2, -0.15) is 0 Å². The van der Waals surface area contributed by atoms with Crippen LogP contribution >= 0.6 is 27.5 Å². The zero-order valence-corrected chi connectivity index (χ0v) is 15.3. The molecule has 2 aromatic carbocycles. The summed E-state index contributed by atoms with van der Waals surface area (Å²) in [5.74, 6) is -0.119. The Morgan fingerprint density at radius 2 is 1.92 bits per heavy atom. The van der Waals surface area contributed by atoms with Gasteiger partial charge < -0.3 is 10.1 Å². The van der Waals surface area contributed by atoms with Crippen molar-refractivity contribution in [2.75, 3.05) is 16.6 Å². The Morgan fingerprint density at radius 1 is 1.21 bits per heavy atom. The van der Waals surface area contributed by atoms with Gasteiger partial charge in [-0.15, -0.1) is 0 Å². The number of hydrogen-bond acceptors (Lipinski definition) is 4. The van der Waals surface area contributed by atoms with Gasteiger partial charge in [0.1, 0.15) is 4.90 Å². The maximum atomic E-state index is 12.7. The van der Waals surface area contributed by atoms with E-state index in [1.54, 1.807) is 30.3 Å². The van der Waals surface area contributed by atoms with Crippen LogP contribution in [0.25, 0.3) is 0 Å². The molecule has 0 unspecified atom stereocenters. The van der Waals surface area contributed by atoms with Crippen molar-refractivity contribution in [1.82, 2.24) is 0 Å². The van der Waals surface area contributed by atoms with Crippen molar-refractivity contribution in [3.63, 3.8) is 0 Å². The number of nitrogens with one attached hydrogen (secondary N) is 2. The molecule has 0 bridgehead atoms. The van der Waals surface area contributed by atoms with Gasteiger partial charge in [0.05, 0.1) is 18.7 Å². The fraction of sp³-hybridized carbons (Fsp3) is 0.133. The number of carbonyl (C=O) groups excluding carboxylic acids is 1. The maximum absolute atomic E-state index is 12.7. The molecule has 0 spiro atoms. The zero-order chi connectivity index (χ0) is 17.3. The quantitative estimate of drug-likeness (QED) is 0.777. The van der Waals surface area contributed by atoms with Crippen molar-refractivity contribution in [2.24, 2.45) is 0 Å². The average Bonchev–Trinajstić information content (AvgIpc) is 2.69. The number of benzene rings is 2. The van der Waals surface area contributed by atoms with Gasteiger partial charge in [0.2, 0.25) is 5.91 Å². The van der Waals surface area contributed by atoms with Gasteiger partial charge in [-0.1, -0.05) is 27.5 Å². The van der Waals surface area contributed by atoms with E-state index in [4.69, 9.17) is 16.3 Å². The third-order valence-electron chi connectivity index (χ3n) is 3.26. The molecule has 0 aromatic heterocycles. The van der Waals surface area contributed by atoms with Crippen LogP contribution in [0.2, 0.25) is 5.02 Å². The van der Waals surface area contributed by atoms with Gasteiger partial charge in [0, 0.05) is 15.2 Å². The molecule has 0 saturated carbocycles. The standard InChI is InChI=1S/C15H12BrClN2O4S/c16-9-7-12-15(23-6-5-14(20)18-12)13(8-9)24(21,22)19-11-3-1-10(17)2-4-11/h1-4,7-8,19H,5-6H2,(H,18,20). The van der Waals surface area contributed by atoms with Gasteiger partial charge in [-0.25, -0.2) is 8.42 Å². The molecule has 3 rings (SSSR count). The summed E-state index contributed by atoms with van der Waals surface area (Å²) in [6.07, 6.45) is 0.149. The fourth-order valence-electron chi connectivity index (χ4n) is 2.20. The fourth-order valence-corrected chi connectivity index (χ4v) is 4.18. The minimum atomic E-state index is -3.92. The molecule has 0 atom stereocenters. The first kappa shape index (κ1) is 17.1. The monoisotopic (exact) mass is 430 g/mol. The first-order chi connectivity index (χ1) is 11.3. The Morgan fingerprint density at radius 3 is 2.62 bits per heavy atom. The molecular formula is C15H12BrClN2O4S. The van der Waals surface area contributed by atoms with Crippen LogP contribution in [0.1, 0.15) is 6.42 Å². The highest BCUT2D eigenvalue weighted by Gasteiger charge is 2.26. The van der Waals surface area contributed by atoms with Crippen LogP contribution < -0.4 is 14.8 Å². The van der Waals surface area contributed by atoms with Gasteiger partial charge in [-0.05, 0) is 36.4 Å². The molecule has 0 fully saturated rings. The zero-order valence-electron chi connectivity index (χ0n) is 12.2. The van der Waals surface area contributed by atoms with Crippen LogP contribution in [0.15, 0.2) is 45.8 Å². The largest absolute Gasteiger partial charge is 0.489 e. The van der Waals surface area contributed by atoms with E-state index in [0.29, 0.717) is 20.9 Å². The summed E-state index contributed by atoms with van der Waals surface area (Å²) in [5, 5.41) is 3.14. The van der Waals surface area contributed by atoms with E-state index in [-0.39, 0.29) is 29.6 Å². The Bertz CT molecular complexity index is 900. The van der Waals surface area contributed by atoms with Gasteiger partial charge in [0.15, 0.2) is 5.75 Å². The third-order valence-corrected chi connectivity index (χ3v) is 5.35. The van der Waals surface area contributed by atoms with E-state index >= 15 is 0 Å². The Labute approximate surface area is 152 Å². The number of ether oxygens (including phenoxy) is 1. The molecule has 6 nitrogen and oxygen atoms in total. The Balaban J connectivity index is 2.04. The van der Waals surface area contributed by atoms with E-state index < -0.39 is 10.0 Å². The smallest absolute Gasteiger partial charge is 0.265 e. The maximum Gasteiger partial charge on any atom is 0.265 e. The molecule has 9 heteroatoms. The van der Waals surface area contributed by atoms with Crippen molar-refractivity contribution in [2.45, 2.75) is 11.3 Å². The minimum Gasteiger partial charge on any atom is -0.489 e. The normalized spacial score (nSPS) is 14.2. The lowest BCUT2D eigenvalue weighted by molar-refractivity contribution is -0.116. The highest BCUT2D eigenvalue weighted by atomic mass is 79.9. The van der Waals surface area contributed by atoms with Crippen molar-refractivity contribution >= 4 is 54.8 Å². The second-order valence-corrected chi connectivity index (χ2v) is 8.04. The van der Waals surface area contributed by atoms with E-state index in [9.17, 15) is 13.2 Å². The Hall–Kier alpha value is -1.77. The number of sulfonamides is 1. The molecule has 1 aliphatic rings. The van der Waals surface area contributed by atoms with Gasteiger partial charge in [0.25, 0.3) is 10.0 Å². The van der Waals surface area contributed by atoms with E-state index in [2.05, 4.69) is 26.0 Å². The molecule has 0 saturated heterocycles. The van der Waals surface area contributed by atoms with E-state index in [1.165, 1.54) is 6.07 Å². The topological polar surface area (TPSA) is 84.5 Å². The molecule has 0 radical (unpaired) electrons. The van der Waals surface area contributed by atoms with Crippen LogP contribution in [0.4, 0.5) is 11.4 Å². The van der Waals surface area contributed by atoms with Crippen LogP contribution in [0, 0.1) is 0 Å². The summed E-state index contributed by atoms with van der Waals surface area (Å²) in [6, 6.07) is 9.29. The summed E-state index contributed by atoms with van der Waals surface area (Å²) in [6.45, 7) is 0.101. The highest BCUT2D eigenvalue weighted by Crippen LogP contribution is 2.38. The van der Waals surface area contributed by atoms with Crippen LogP contribution in [-0.2, 0) is 14.8 Å². The number of halogens is 2. The second-order valence-electron chi connectivity index (χ2n) is 5.04. The van der Waals surface area contributed by atoms with Crippen molar-refractivity contribution in [3.05, 3.63) is 45.9 Å². The SMILES string of the molecule is O=C1CCOc2c(cc(Br)cc2S(=O)(=O)Nc2ccc(Cl)cc2)N1. The van der Waals surface area contributed by atoms with Gasteiger partial charge in [-0.3, -0.25) is 9.52 Å². The first-order valence-corrected chi connectivity index (χ1v) is 9.55. The number of anilines is 2. The summed E-state index contributed by atoms with van der Waals surface area (Å²) in [7, 11) is -3.92. The molecule has 1 aliphatic heterocycles. The first-order valence-electron chi connectivity index (χ1n) is 6.90. The summed E-state index contributed by atoms with van der Waals surface area (Å²) in [4.78, 5) is 11.6. The van der Waals surface area contributed by atoms with E-state index in [1.807, 2.05) is 0 Å². The van der Waals surface area contributed by atoms with E-state index in [0.717, 1.165) is 0 Å². The minimum absolute atomic E-state index is 0.0657. The highest BCUT2D eigenvalue weighted by molar-refractivity contribution is 9.10. The lowest BCUT2D eigenvalue weighted by Gasteiger charge is -2.15. The third kappa shape index (κ3) is 3.66. The van der Waals surface area contributed by atoms with Crippen molar-refractivity contribution < 1.29 is 17.9 Å². The van der Waals surface area contributed by atoms with Crippen LogP contribution in [0.5, 0.6) is 5.75 Å². The lowest BCUT2D eigenvalue weighted by Crippen LogP contribution is -2.15. The van der Waals surface area contributed by atoms with Crippen LogP contribution in [-0.4, -0.2) is 20.9 Å². The van der Waals surface area contributed by atoms with Crippen molar-refractivity contribution in [3.8, 4) is 5.75 Å². The summed E-state index contributed by atoms with van der Waals surface area (Å²) < 4.78 is 34.0. The molecule has 2 N–H and O–H groups in total. The predicted molar refractivity (Wildman–Crippen MR) is 95.1 cm³/mol. The average molecular weight is 432 g/mol. The molecule has 2 aromatic rings. The predicted octanol–water partition coefficient (Wildman–Crippen LogP) is 3.62. The number of fused-ring (bicyclic) bond motifs is 1. The molecular weight excluding hydrogens is 420 g/mol. The number of carbonyl (C=O) groups is 1. The van der Waals surface area contributed by atoms with Crippen LogP contribution in [0.3, 0.4) is 0 Å². The summed E-state index contributed by atoms with van der Waals surface area (Å²) in [5.41, 5.74) is 0.675. The molecule has 126 valence electrons.